The maximum absolute atomic E-state index is 13.6. The number of anilines is 1. The minimum absolute atomic E-state index is 0.00299. The van der Waals surface area contributed by atoms with Gasteiger partial charge in [-0.15, -0.1) is 0 Å². The molecule has 9 heteroatoms. The number of fused-ring (bicyclic) bond motifs is 1. The van der Waals surface area contributed by atoms with Crippen molar-refractivity contribution in [1.29, 1.82) is 0 Å². The number of aliphatic hydroxyl groups excluding tert-OH is 1. The first kappa shape index (κ1) is 20.3. The van der Waals surface area contributed by atoms with E-state index in [1.165, 1.54) is 18.2 Å². The molecule has 0 unspecified atom stereocenters. The summed E-state index contributed by atoms with van der Waals surface area (Å²) in [5, 5.41) is 14.7. The van der Waals surface area contributed by atoms with Crippen LogP contribution in [0.1, 0.15) is 39.3 Å². The van der Waals surface area contributed by atoms with Crippen molar-refractivity contribution in [3.63, 3.8) is 0 Å². The van der Waals surface area contributed by atoms with Crippen LogP contribution in [0.3, 0.4) is 0 Å². The van der Waals surface area contributed by atoms with Gasteiger partial charge in [0.15, 0.2) is 0 Å². The van der Waals surface area contributed by atoms with Gasteiger partial charge in [-0.2, -0.15) is 0 Å². The lowest BCUT2D eigenvalue weighted by atomic mass is 10.0. The Hall–Kier alpha value is -3.46. The van der Waals surface area contributed by atoms with Gasteiger partial charge in [0.1, 0.15) is 11.9 Å². The molecule has 3 rings (SSSR count). The van der Waals surface area contributed by atoms with Crippen molar-refractivity contribution in [2.24, 2.45) is 5.73 Å². The number of aryl methyl sites for hydroxylation is 1. The molecule has 1 aromatic carbocycles. The standard InChI is InChI=1S/C20H21FN4O4/c1-9-15(8-13-12-7-11(21)3-4-14(12)25-19(13)28)24-10(2)17(9)20(29)23-6-5-16(26)18(22)27/h3-4,7-8,16,24,26H,5-6H2,1-2H3,(H2,22,27)(H,23,29)(H,25,28)/t16-/m0/s1. The summed E-state index contributed by atoms with van der Waals surface area (Å²) in [4.78, 5) is 38.7. The second-order valence-corrected chi connectivity index (χ2v) is 6.83. The van der Waals surface area contributed by atoms with Gasteiger partial charge in [-0.05, 0) is 50.1 Å². The van der Waals surface area contributed by atoms with E-state index in [1.807, 2.05) is 0 Å². The Balaban J connectivity index is 1.84. The van der Waals surface area contributed by atoms with Crippen LogP contribution in [-0.2, 0) is 9.59 Å². The molecule has 152 valence electrons. The van der Waals surface area contributed by atoms with Crippen LogP contribution in [0.5, 0.6) is 0 Å². The highest BCUT2D eigenvalue weighted by atomic mass is 19.1. The van der Waals surface area contributed by atoms with E-state index in [1.54, 1.807) is 19.9 Å². The molecule has 0 radical (unpaired) electrons. The Kier molecular flexibility index (Phi) is 5.51. The number of carbonyl (C=O) groups is 3. The second kappa shape index (κ2) is 7.88. The van der Waals surface area contributed by atoms with Crippen molar-refractivity contribution in [3.05, 3.63) is 52.1 Å². The Morgan fingerprint density at radius 2 is 2.07 bits per heavy atom. The molecule has 2 aromatic rings. The number of carbonyl (C=O) groups excluding carboxylic acids is 3. The number of rotatable bonds is 6. The minimum Gasteiger partial charge on any atom is -0.383 e. The number of nitrogens with two attached hydrogens (primary N) is 1. The number of hydrogen-bond acceptors (Lipinski definition) is 4. The smallest absolute Gasteiger partial charge is 0.256 e. The third-order valence-corrected chi connectivity index (χ3v) is 4.79. The van der Waals surface area contributed by atoms with Crippen molar-refractivity contribution in [2.75, 3.05) is 11.9 Å². The molecule has 1 aromatic heterocycles. The van der Waals surface area contributed by atoms with E-state index in [-0.39, 0.29) is 24.8 Å². The lowest BCUT2D eigenvalue weighted by Crippen LogP contribution is -2.33. The van der Waals surface area contributed by atoms with E-state index in [2.05, 4.69) is 15.6 Å². The van der Waals surface area contributed by atoms with Crippen LogP contribution in [0, 0.1) is 19.7 Å². The fourth-order valence-corrected chi connectivity index (χ4v) is 3.26. The molecule has 0 spiro atoms. The molecule has 1 aliphatic rings. The number of aromatic amines is 1. The van der Waals surface area contributed by atoms with Gasteiger partial charge in [-0.3, -0.25) is 14.4 Å². The number of amides is 3. The minimum atomic E-state index is -1.33. The molecule has 0 aliphatic carbocycles. The van der Waals surface area contributed by atoms with E-state index in [0.29, 0.717) is 39.3 Å². The normalized spacial score (nSPS) is 15.2. The van der Waals surface area contributed by atoms with Crippen molar-refractivity contribution in [2.45, 2.75) is 26.4 Å². The molecular weight excluding hydrogens is 379 g/mol. The van der Waals surface area contributed by atoms with Crippen LogP contribution in [0.2, 0.25) is 0 Å². The maximum Gasteiger partial charge on any atom is 0.256 e. The highest BCUT2D eigenvalue weighted by molar-refractivity contribution is 6.34. The number of primary amides is 1. The summed E-state index contributed by atoms with van der Waals surface area (Å²) < 4.78 is 13.6. The number of hydrogen-bond donors (Lipinski definition) is 5. The van der Waals surface area contributed by atoms with Gasteiger partial charge in [0.25, 0.3) is 11.8 Å². The van der Waals surface area contributed by atoms with Gasteiger partial charge in [0.2, 0.25) is 5.91 Å². The van der Waals surface area contributed by atoms with Gasteiger partial charge in [-0.1, -0.05) is 0 Å². The molecular formula is C20H21FN4O4. The lowest BCUT2D eigenvalue weighted by Gasteiger charge is -2.08. The zero-order chi connectivity index (χ0) is 21.3. The summed E-state index contributed by atoms with van der Waals surface area (Å²) in [7, 11) is 0. The monoisotopic (exact) mass is 400 g/mol. The first-order valence-corrected chi connectivity index (χ1v) is 8.96. The van der Waals surface area contributed by atoms with Crippen molar-refractivity contribution in [3.8, 4) is 0 Å². The van der Waals surface area contributed by atoms with E-state index < -0.39 is 17.8 Å². The summed E-state index contributed by atoms with van der Waals surface area (Å²) >= 11 is 0. The van der Waals surface area contributed by atoms with Gasteiger partial charge in [-0.25, -0.2) is 4.39 Å². The molecule has 0 saturated heterocycles. The van der Waals surface area contributed by atoms with Crippen LogP contribution in [0.15, 0.2) is 18.2 Å². The van der Waals surface area contributed by atoms with Crippen molar-refractivity contribution >= 4 is 35.1 Å². The molecule has 1 atom stereocenters. The molecule has 6 N–H and O–H groups in total. The van der Waals surface area contributed by atoms with Gasteiger partial charge >= 0.3 is 0 Å². The van der Waals surface area contributed by atoms with Gasteiger partial charge in [0, 0.05) is 29.2 Å². The molecule has 8 nitrogen and oxygen atoms in total. The largest absolute Gasteiger partial charge is 0.383 e. The predicted molar refractivity (Wildman–Crippen MR) is 105 cm³/mol. The summed E-state index contributed by atoms with van der Waals surface area (Å²) in [6, 6.07) is 4.04. The third-order valence-electron chi connectivity index (χ3n) is 4.79. The van der Waals surface area contributed by atoms with Gasteiger partial charge < -0.3 is 26.5 Å². The molecule has 1 aliphatic heterocycles. The molecule has 0 fully saturated rings. The fraction of sp³-hybridized carbons (Fsp3) is 0.250. The molecule has 29 heavy (non-hydrogen) atoms. The molecule has 0 saturated carbocycles. The Morgan fingerprint density at radius 3 is 2.76 bits per heavy atom. The highest BCUT2D eigenvalue weighted by Gasteiger charge is 2.26. The number of nitrogens with one attached hydrogen (secondary N) is 3. The lowest BCUT2D eigenvalue weighted by molar-refractivity contribution is -0.126. The Morgan fingerprint density at radius 1 is 1.34 bits per heavy atom. The Labute approximate surface area is 166 Å². The summed E-state index contributed by atoms with van der Waals surface area (Å²) in [6.45, 7) is 3.51. The number of aliphatic hydroxyl groups is 1. The molecule has 2 heterocycles. The highest BCUT2D eigenvalue weighted by Crippen LogP contribution is 2.34. The first-order valence-electron chi connectivity index (χ1n) is 8.96. The number of halogens is 1. The summed E-state index contributed by atoms with van der Waals surface area (Å²) in [5.41, 5.74) is 8.38. The van der Waals surface area contributed by atoms with Gasteiger partial charge in [0.05, 0.1) is 11.1 Å². The average molecular weight is 400 g/mol. The van der Waals surface area contributed by atoms with Crippen molar-refractivity contribution in [1.82, 2.24) is 10.3 Å². The molecule has 0 bridgehead atoms. The van der Waals surface area contributed by atoms with E-state index in [0.717, 1.165) is 0 Å². The van der Waals surface area contributed by atoms with E-state index in [9.17, 15) is 23.9 Å². The summed E-state index contributed by atoms with van der Waals surface area (Å²) in [5.74, 6) is -2.05. The predicted octanol–water partition coefficient (Wildman–Crippen LogP) is 1.23. The fourth-order valence-electron chi connectivity index (χ4n) is 3.26. The second-order valence-electron chi connectivity index (χ2n) is 6.83. The topological polar surface area (TPSA) is 137 Å². The van der Waals surface area contributed by atoms with Crippen LogP contribution in [-0.4, -0.2) is 40.5 Å². The number of H-pyrrole nitrogens is 1. The third kappa shape index (κ3) is 4.04. The quantitative estimate of drug-likeness (QED) is 0.466. The van der Waals surface area contributed by atoms with Crippen LogP contribution in [0.4, 0.5) is 10.1 Å². The summed E-state index contributed by atoms with van der Waals surface area (Å²) in [6.07, 6.45) is 0.255. The van der Waals surface area contributed by atoms with E-state index >= 15 is 0 Å². The zero-order valence-corrected chi connectivity index (χ0v) is 15.9. The van der Waals surface area contributed by atoms with Crippen LogP contribution in [0.25, 0.3) is 11.6 Å². The SMILES string of the molecule is Cc1[nH]c(C=C2C(=O)Nc3ccc(F)cc32)c(C)c1C(=O)NCC[C@H](O)C(N)=O. The van der Waals surface area contributed by atoms with E-state index in [4.69, 9.17) is 5.73 Å². The zero-order valence-electron chi connectivity index (χ0n) is 15.9. The first-order chi connectivity index (χ1) is 13.7. The average Bonchev–Trinajstić information content (AvgIpc) is 3.11. The maximum atomic E-state index is 13.6. The number of aromatic nitrogens is 1. The number of benzene rings is 1. The van der Waals surface area contributed by atoms with Crippen molar-refractivity contribution < 1.29 is 23.9 Å². The van der Waals surface area contributed by atoms with Crippen LogP contribution >= 0.6 is 0 Å². The molecule has 3 amide bonds. The van der Waals surface area contributed by atoms with Crippen LogP contribution < -0.4 is 16.4 Å². The Bertz CT molecular complexity index is 1040.